The van der Waals surface area contributed by atoms with Gasteiger partial charge in [-0.25, -0.2) is 3.93 Å². The highest BCUT2D eigenvalue weighted by Crippen LogP contribution is 2.31. The highest BCUT2D eigenvalue weighted by molar-refractivity contribution is 9.08. The second-order valence-corrected chi connectivity index (χ2v) is 4.07. The van der Waals surface area contributed by atoms with Crippen LogP contribution >= 0.6 is 16.1 Å². The lowest BCUT2D eigenvalue weighted by Crippen LogP contribution is -2.43. The van der Waals surface area contributed by atoms with Crippen LogP contribution in [0.2, 0.25) is 0 Å². The van der Waals surface area contributed by atoms with Gasteiger partial charge in [-0.15, -0.1) is 0 Å². The monoisotopic (exact) mass is 219 g/mol. The molecular formula is C7H10BrNO2. The zero-order valence-electron chi connectivity index (χ0n) is 6.56. The summed E-state index contributed by atoms with van der Waals surface area (Å²) in [7, 11) is 0. The van der Waals surface area contributed by atoms with Crippen LogP contribution in [0.4, 0.5) is 0 Å². The second kappa shape index (κ2) is 2.59. The molecule has 1 aliphatic heterocycles. The Morgan fingerprint density at radius 1 is 1.45 bits per heavy atom. The van der Waals surface area contributed by atoms with Gasteiger partial charge in [-0.05, 0) is 6.42 Å². The van der Waals surface area contributed by atoms with E-state index < -0.39 is 5.41 Å². The molecular weight excluding hydrogens is 210 g/mol. The van der Waals surface area contributed by atoms with E-state index in [2.05, 4.69) is 16.1 Å². The predicted molar refractivity (Wildman–Crippen MR) is 43.8 cm³/mol. The predicted octanol–water partition coefficient (Wildman–Crippen LogP) is 1.47. The topological polar surface area (TPSA) is 37.4 Å². The molecule has 1 heterocycles. The van der Waals surface area contributed by atoms with Gasteiger partial charge in [0.15, 0.2) is 0 Å². The molecule has 1 fully saturated rings. The summed E-state index contributed by atoms with van der Waals surface area (Å²) in [4.78, 5) is 22.3. The third-order valence-corrected chi connectivity index (χ3v) is 2.66. The molecule has 0 aromatic rings. The van der Waals surface area contributed by atoms with Gasteiger partial charge in [-0.2, -0.15) is 0 Å². The van der Waals surface area contributed by atoms with Crippen LogP contribution in [0.5, 0.6) is 0 Å². The minimum atomic E-state index is -0.391. The minimum Gasteiger partial charge on any atom is -0.274 e. The first-order valence-electron chi connectivity index (χ1n) is 3.48. The molecule has 3 nitrogen and oxygen atoms in total. The van der Waals surface area contributed by atoms with E-state index in [-0.39, 0.29) is 11.8 Å². The van der Waals surface area contributed by atoms with Crippen LogP contribution < -0.4 is 0 Å². The number of hydrogen-bond donors (Lipinski definition) is 0. The molecule has 1 rings (SSSR count). The van der Waals surface area contributed by atoms with Gasteiger partial charge in [-0.1, -0.05) is 13.8 Å². The minimum absolute atomic E-state index is 0.144. The summed E-state index contributed by atoms with van der Waals surface area (Å²) in [6, 6.07) is 0. The van der Waals surface area contributed by atoms with Gasteiger partial charge in [0, 0.05) is 11.8 Å². The van der Waals surface area contributed by atoms with Gasteiger partial charge in [0.05, 0.1) is 16.1 Å². The zero-order valence-corrected chi connectivity index (χ0v) is 8.14. The van der Waals surface area contributed by atoms with Crippen molar-refractivity contribution in [2.45, 2.75) is 26.7 Å². The molecule has 0 radical (unpaired) electrons. The molecule has 0 aromatic carbocycles. The fourth-order valence-electron chi connectivity index (χ4n) is 1.00. The second-order valence-electron chi connectivity index (χ2n) is 3.36. The first-order chi connectivity index (χ1) is 4.95. The van der Waals surface area contributed by atoms with E-state index in [9.17, 15) is 9.59 Å². The number of halogens is 1. The quantitative estimate of drug-likeness (QED) is 0.458. The van der Waals surface area contributed by atoms with Gasteiger partial charge in [0.25, 0.3) is 0 Å². The van der Waals surface area contributed by atoms with E-state index in [4.69, 9.17) is 0 Å². The Morgan fingerprint density at radius 2 is 2.00 bits per heavy atom. The van der Waals surface area contributed by atoms with Crippen LogP contribution in [0.15, 0.2) is 0 Å². The van der Waals surface area contributed by atoms with Crippen molar-refractivity contribution < 1.29 is 9.59 Å². The fraction of sp³-hybridized carbons (Fsp3) is 0.714. The van der Waals surface area contributed by atoms with Crippen LogP contribution in [-0.2, 0) is 9.59 Å². The van der Waals surface area contributed by atoms with E-state index in [0.29, 0.717) is 12.8 Å². The largest absolute Gasteiger partial charge is 0.274 e. The van der Waals surface area contributed by atoms with E-state index in [1.54, 1.807) is 0 Å². The third-order valence-electron chi connectivity index (χ3n) is 1.94. The molecule has 62 valence electrons. The van der Waals surface area contributed by atoms with Crippen LogP contribution in [0.1, 0.15) is 26.7 Å². The number of imide groups is 1. The Bertz CT molecular complexity index is 212. The van der Waals surface area contributed by atoms with Crippen LogP contribution in [0.3, 0.4) is 0 Å². The Kier molecular flexibility index (Phi) is 2.05. The van der Waals surface area contributed by atoms with Crippen LogP contribution in [0.25, 0.3) is 0 Å². The molecule has 11 heavy (non-hydrogen) atoms. The molecule has 0 aromatic heterocycles. The number of carbonyl (C=O) groups is 2. The molecule has 0 saturated carbocycles. The molecule has 0 spiro atoms. The highest BCUT2D eigenvalue weighted by Gasteiger charge is 2.39. The maximum atomic E-state index is 11.3. The van der Waals surface area contributed by atoms with Crippen molar-refractivity contribution in [3.63, 3.8) is 0 Å². The number of carbonyl (C=O) groups excluding carboxylic acids is 2. The van der Waals surface area contributed by atoms with Crippen LogP contribution in [0, 0.1) is 5.41 Å². The number of hydrogen-bond acceptors (Lipinski definition) is 2. The summed E-state index contributed by atoms with van der Waals surface area (Å²) >= 11 is 2.93. The fourth-order valence-corrected chi connectivity index (χ4v) is 1.66. The molecule has 1 saturated heterocycles. The Morgan fingerprint density at radius 3 is 2.45 bits per heavy atom. The first-order valence-corrected chi connectivity index (χ1v) is 4.19. The standard InChI is InChI=1S/C7H10BrNO2/c1-7(2)4-3-5(10)9(8)6(7)11/h3-4H2,1-2H3. The van der Waals surface area contributed by atoms with Gasteiger partial charge in [0.1, 0.15) is 0 Å². The SMILES string of the molecule is CC1(C)CCC(=O)N(Br)C1=O. The van der Waals surface area contributed by atoms with E-state index in [1.165, 1.54) is 0 Å². The number of nitrogens with zero attached hydrogens (tertiary/aromatic N) is 1. The van der Waals surface area contributed by atoms with Gasteiger partial charge < -0.3 is 0 Å². The third kappa shape index (κ3) is 1.45. The summed E-state index contributed by atoms with van der Waals surface area (Å²) < 4.78 is 1.04. The molecule has 0 unspecified atom stereocenters. The Labute approximate surface area is 74.1 Å². The summed E-state index contributed by atoms with van der Waals surface area (Å²) in [6.45, 7) is 3.69. The van der Waals surface area contributed by atoms with Crippen molar-refractivity contribution in [3.8, 4) is 0 Å². The maximum absolute atomic E-state index is 11.3. The molecule has 0 bridgehead atoms. The summed E-state index contributed by atoms with van der Waals surface area (Å²) in [6.07, 6.45) is 1.09. The molecule has 2 amide bonds. The maximum Gasteiger partial charge on any atom is 0.245 e. The van der Waals surface area contributed by atoms with Gasteiger partial charge in [-0.3, -0.25) is 9.59 Å². The average Bonchev–Trinajstić information content (AvgIpc) is 1.95. The smallest absolute Gasteiger partial charge is 0.245 e. The lowest BCUT2D eigenvalue weighted by Gasteiger charge is -2.31. The molecule has 4 heteroatoms. The van der Waals surface area contributed by atoms with Crippen LogP contribution in [-0.4, -0.2) is 15.7 Å². The Balaban J connectivity index is 2.84. The molecule has 1 aliphatic rings. The average molecular weight is 220 g/mol. The van der Waals surface area contributed by atoms with Gasteiger partial charge >= 0.3 is 0 Å². The van der Waals surface area contributed by atoms with Crippen molar-refractivity contribution in [1.29, 1.82) is 0 Å². The number of piperidine rings is 1. The van der Waals surface area contributed by atoms with E-state index >= 15 is 0 Å². The van der Waals surface area contributed by atoms with Crippen molar-refractivity contribution in [3.05, 3.63) is 0 Å². The Hall–Kier alpha value is -0.380. The van der Waals surface area contributed by atoms with Crippen molar-refractivity contribution in [2.24, 2.45) is 5.41 Å². The zero-order chi connectivity index (χ0) is 8.65. The summed E-state index contributed by atoms with van der Waals surface area (Å²) in [5.74, 6) is -0.289. The lowest BCUT2D eigenvalue weighted by molar-refractivity contribution is -0.147. The lowest BCUT2D eigenvalue weighted by atomic mass is 9.84. The number of amides is 2. The summed E-state index contributed by atoms with van der Waals surface area (Å²) in [5.41, 5.74) is -0.391. The van der Waals surface area contributed by atoms with Crippen molar-refractivity contribution in [1.82, 2.24) is 3.93 Å². The molecule has 0 N–H and O–H groups in total. The molecule has 0 atom stereocenters. The van der Waals surface area contributed by atoms with Crippen molar-refractivity contribution >= 4 is 28.0 Å². The van der Waals surface area contributed by atoms with Gasteiger partial charge in [0.2, 0.25) is 11.8 Å². The first kappa shape index (κ1) is 8.71. The normalized spacial score (nSPS) is 24.1. The highest BCUT2D eigenvalue weighted by atomic mass is 79.9. The summed E-state index contributed by atoms with van der Waals surface area (Å²) in [5, 5.41) is 0. The van der Waals surface area contributed by atoms with E-state index in [1.807, 2.05) is 13.8 Å². The van der Waals surface area contributed by atoms with E-state index in [0.717, 1.165) is 3.93 Å². The number of rotatable bonds is 0. The molecule has 0 aliphatic carbocycles. The van der Waals surface area contributed by atoms with Crippen molar-refractivity contribution in [2.75, 3.05) is 0 Å².